The summed E-state index contributed by atoms with van der Waals surface area (Å²) in [6.45, 7) is 7.14. The van der Waals surface area contributed by atoms with Gasteiger partial charge in [-0.2, -0.15) is 0 Å². The maximum atomic E-state index is 13.8. The summed E-state index contributed by atoms with van der Waals surface area (Å²) in [5.74, 6) is -1.08. The van der Waals surface area contributed by atoms with Crippen LogP contribution in [0.3, 0.4) is 0 Å². The van der Waals surface area contributed by atoms with E-state index in [4.69, 9.17) is 10.7 Å². The highest BCUT2D eigenvalue weighted by molar-refractivity contribution is 8.13. The molecule has 0 spiro atoms. The highest BCUT2D eigenvalue weighted by Gasteiger charge is 2.22. The first kappa shape index (κ1) is 17.9. The molecule has 0 radical (unpaired) electrons. The minimum absolute atomic E-state index is 0.0589. The molecule has 0 fully saturated rings. The van der Waals surface area contributed by atoms with Crippen molar-refractivity contribution in [3.05, 3.63) is 29.1 Å². The summed E-state index contributed by atoms with van der Waals surface area (Å²) in [7, 11) is 1.16. The average molecular weight is 336 g/mol. The Bertz CT molecular complexity index is 644. The van der Waals surface area contributed by atoms with E-state index in [1.165, 1.54) is 6.92 Å². The van der Waals surface area contributed by atoms with Crippen LogP contribution in [0.1, 0.15) is 43.1 Å². The smallest absolute Gasteiger partial charge is 0.261 e. The third kappa shape index (κ3) is 4.41. The Morgan fingerprint density at radius 3 is 2.38 bits per heavy atom. The molecular weight excluding hydrogens is 317 g/mol. The number of benzene rings is 1. The Labute approximate surface area is 129 Å². The van der Waals surface area contributed by atoms with E-state index in [-0.39, 0.29) is 28.0 Å². The zero-order chi connectivity index (χ0) is 16.4. The zero-order valence-corrected chi connectivity index (χ0v) is 14.0. The molecule has 1 aromatic rings. The van der Waals surface area contributed by atoms with E-state index in [2.05, 4.69) is 5.32 Å². The number of amides is 1. The van der Waals surface area contributed by atoms with E-state index < -0.39 is 20.8 Å². The molecule has 1 rings (SSSR count). The molecule has 1 amide bonds. The van der Waals surface area contributed by atoms with Crippen molar-refractivity contribution in [3.63, 3.8) is 0 Å². The van der Waals surface area contributed by atoms with Crippen molar-refractivity contribution < 1.29 is 17.6 Å². The predicted octanol–water partition coefficient (Wildman–Crippen LogP) is 3.23. The van der Waals surface area contributed by atoms with E-state index in [1.54, 1.807) is 0 Å². The van der Waals surface area contributed by atoms with Gasteiger partial charge in [0.2, 0.25) is 0 Å². The quantitative estimate of drug-likeness (QED) is 0.840. The fourth-order valence-corrected chi connectivity index (χ4v) is 3.24. The van der Waals surface area contributed by atoms with Crippen LogP contribution in [-0.4, -0.2) is 20.4 Å². The highest BCUT2D eigenvalue weighted by Crippen LogP contribution is 2.24. The number of rotatable bonds is 5. The summed E-state index contributed by atoms with van der Waals surface area (Å²) < 4.78 is 36.7. The lowest BCUT2D eigenvalue weighted by Crippen LogP contribution is -2.38. The normalized spacial score (nSPS) is 13.3. The summed E-state index contributed by atoms with van der Waals surface area (Å²) in [4.78, 5) is 11.8. The summed E-state index contributed by atoms with van der Waals surface area (Å²) in [5, 5.41) is 2.76. The number of carbonyl (C=O) groups excluding carboxylic acids is 1. The fraction of sp³-hybridized carbons (Fsp3) is 0.500. The molecule has 118 valence electrons. The Kier molecular flexibility index (Phi) is 5.75. The van der Waals surface area contributed by atoms with Gasteiger partial charge in [-0.3, -0.25) is 4.79 Å². The molecule has 1 unspecified atom stereocenters. The minimum Gasteiger partial charge on any atom is -0.349 e. The largest absolute Gasteiger partial charge is 0.349 e. The average Bonchev–Trinajstić information content (AvgIpc) is 2.36. The van der Waals surface area contributed by atoms with Crippen molar-refractivity contribution in [2.75, 3.05) is 0 Å². The third-order valence-electron chi connectivity index (χ3n) is 3.38. The number of carbonyl (C=O) groups is 1. The maximum Gasteiger partial charge on any atom is 0.261 e. The second-order valence-corrected chi connectivity index (χ2v) is 7.79. The molecule has 21 heavy (non-hydrogen) atoms. The topological polar surface area (TPSA) is 63.2 Å². The summed E-state index contributed by atoms with van der Waals surface area (Å²) in [6.07, 6.45) is 0.721. The van der Waals surface area contributed by atoms with Gasteiger partial charge >= 0.3 is 0 Å². The van der Waals surface area contributed by atoms with Gasteiger partial charge < -0.3 is 5.32 Å². The molecule has 0 bridgehead atoms. The van der Waals surface area contributed by atoms with E-state index >= 15 is 0 Å². The van der Waals surface area contributed by atoms with Crippen LogP contribution in [0, 0.1) is 18.7 Å². The molecule has 0 aliphatic rings. The number of hydrogen-bond acceptors (Lipinski definition) is 3. The van der Waals surface area contributed by atoms with Gasteiger partial charge in [0.05, 0.1) is 4.90 Å². The number of halogens is 2. The van der Waals surface area contributed by atoms with Crippen molar-refractivity contribution in [3.8, 4) is 0 Å². The molecule has 4 nitrogen and oxygen atoms in total. The van der Waals surface area contributed by atoms with Crippen LogP contribution < -0.4 is 5.32 Å². The van der Waals surface area contributed by atoms with Crippen LogP contribution in [0.25, 0.3) is 0 Å². The second kappa shape index (κ2) is 6.75. The Balaban J connectivity index is 3.20. The Morgan fingerprint density at radius 1 is 1.38 bits per heavy atom. The molecule has 0 aliphatic carbocycles. The van der Waals surface area contributed by atoms with Gasteiger partial charge in [0.15, 0.2) is 0 Å². The lowest BCUT2D eigenvalue weighted by atomic mass is 10.0. The van der Waals surface area contributed by atoms with Crippen LogP contribution in [0.2, 0.25) is 0 Å². The van der Waals surface area contributed by atoms with Crippen LogP contribution in [0.4, 0.5) is 4.39 Å². The van der Waals surface area contributed by atoms with Gasteiger partial charge in [0, 0.05) is 27.9 Å². The summed E-state index contributed by atoms with van der Waals surface area (Å²) >= 11 is 0. The lowest BCUT2D eigenvalue weighted by Gasteiger charge is -2.21. The molecule has 1 N–H and O–H groups in total. The highest BCUT2D eigenvalue weighted by atomic mass is 35.7. The van der Waals surface area contributed by atoms with Crippen molar-refractivity contribution in [1.82, 2.24) is 5.32 Å². The monoisotopic (exact) mass is 335 g/mol. The molecule has 0 heterocycles. The van der Waals surface area contributed by atoms with Gasteiger partial charge in [-0.15, -0.1) is 0 Å². The molecule has 0 saturated heterocycles. The van der Waals surface area contributed by atoms with Gasteiger partial charge in [0.1, 0.15) is 5.82 Å². The van der Waals surface area contributed by atoms with Gasteiger partial charge in [-0.1, -0.05) is 20.8 Å². The van der Waals surface area contributed by atoms with Crippen molar-refractivity contribution in [1.29, 1.82) is 0 Å². The SMILES string of the molecule is CCC(NC(=O)c1cc(F)c(C)c(S(=O)(=O)Cl)c1)C(C)C. The van der Waals surface area contributed by atoms with E-state index in [0.29, 0.717) is 0 Å². The molecule has 1 atom stereocenters. The first-order valence-corrected chi connectivity index (χ1v) is 8.94. The molecule has 1 aromatic carbocycles. The van der Waals surface area contributed by atoms with Crippen LogP contribution in [-0.2, 0) is 9.05 Å². The minimum atomic E-state index is -4.11. The molecular formula is C14H19ClFNO3S. The fourth-order valence-electron chi connectivity index (χ4n) is 2.03. The summed E-state index contributed by atoms with van der Waals surface area (Å²) in [5.41, 5.74) is -0.158. The molecule has 7 heteroatoms. The van der Waals surface area contributed by atoms with Crippen LogP contribution >= 0.6 is 10.7 Å². The van der Waals surface area contributed by atoms with Crippen molar-refractivity contribution >= 4 is 25.6 Å². The molecule has 0 saturated carbocycles. The van der Waals surface area contributed by atoms with Crippen LogP contribution in [0.5, 0.6) is 0 Å². The lowest BCUT2D eigenvalue weighted by molar-refractivity contribution is 0.0924. The molecule has 0 aromatic heterocycles. The van der Waals surface area contributed by atoms with Crippen molar-refractivity contribution in [2.24, 2.45) is 5.92 Å². The maximum absolute atomic E-state index is 13.8. The van der Waals surface area contributed by atoms with Gasteiger partial charge in [-0.05, 0) is 31.4 Å². The van der Waals surface area contributed by atoms with Gasteiger partial charge in [-0.25, -0.2) is 12.8 Å². The Hall–Kier alpha value is -1.14. The van der Waals surface area contributed by atoms with Gasteiger partial charge in [0.25, 0.3) is 15.0 Å². The third-order valence-corrected chi connectivity index (χ3v) is 4.83. The first-order chi connectivity index (χ1) is 9.57. The zero-order valence-electron chi connectivity index (χ0n) is 12.4. The number of nitrogens with one attached hydrogen (secondary N) is 1. The van der Waals surface area contributed by atoms with Crippen LogP contribution in [0.15, 0.2) is 17.0 Å². The summed E-state index contributed by atoms with van der Waals surface area (Å²) in [6, 6.07) is 2.05. The predicted molar refractivity (Wildman–Crippen MR) is 80.6 cm³/mol. The standard InChI is InChI=1S/C14H19ClFNO3S/c1-5-12(8(2)3)17-14(18)10-6-11(16)9(4)13(7-10)21(15,19)20/h6-8,12H,5H2,1-4H3,(H,17,18). The Morgan fingerprint density at radius 2 is 1.95 bits per heavy atom. The van der Waals surface area contributed by atoms with E-state index in [0.717, 1.165) is 18.6 Å². The molecule has 0 aliphatic heterocycles. The van der Waals surface area contributed by atoms with E-state index in [1.807, 2.05) is 20.8 Å². The van der Waals surface area contributed by atoms with E-state index in [9.17, 15) is 17.6 Å². The number of hydrogen-bond donors (Lipinski definition) is 1. The first-order valence-electron chi connectivity index (χ1n) is 6.63. The van der Waals surface area contributed by atoms with Crippen molar-refractivity contribution in [2.45, 2.75) is 45.1 Å². The second-order valence-electron chi connectivity index (χ2n) is 5.25.